The Morgan fingerprint density at radius 3 is 2.64 bits per heavy atom. The summed E-state index contributed by atoms with van der Waals surface area (Å²) in [5.41, 5.74) is 1.08. The van der Waals surface area contributed by atoms with E-state index in [2.05, 4.69) is 4.99 Å². The molecule has 0 radical (unpaired) electrons. The van der Waals surface area contributed by atoms with Crippen molar-refractivity contribution in [3.8, 4) is 0 Å². The summed E-state index contributed by atoms with van der Waals surface area (Å²) in [7, 11) is -3.39. The van der Waals surface area contributed by atoms with E-state index in [4.69, 9.17) is 5.41 Å². The minimum absolute atomic E-state index is 0.112. The summed E-state index contributed by atoms with van der Waals surface area (Å²) in [4.78, 5) is 3.75. The van der Waals surface area contributed by atoms with Crippen LogP contribution in [0.4, 0.5) is 0 Å². The molecule has 0 saturated carbocycles. The van der Waals surface area contributed by atoms with Gasteiger partial charge in [0.25, 0.3) is 0 Å². The molecule has 76 valence electrons. The van der Waals surface area contributed by atoms with Crippen molar-refractivity contribution in [2.75, 3.05) is 0 Å². The van der Waals surface area contributed by atoms with E-state index in [1.807, 2.05) is 13.8 Å². The number of sulfone groups is 1. The van der Waals surface area contributed by atoms with Crippen LogP contribution in [0.15, 0.2) is 27.7 Å². The van der Waals surface area contributed by atoms with Gasteiger partial charge in [-0.1, -0.05) is 19.9 Å². The number of allylic oxidation sites excluding steroid dienone is 3. The highest BCUT2D eigenvalue weighted by atomic mass is 32.2. The largest absolute Gasteiger partial charge is 0.306 e. The zero-order valence-electron chi connectivity index (χ0n) is 8.06. The second-order valence-corrected chi connectivity index (χ2v) is 5.02. The van der Waals surface area contributed by atoms with Crippen LogP contribution in [-0.4, -0.2) is 20.2 Å². The van der Waals surface area contributed by atoms with Crippen LogP contribution in [-0.2, 0) is 9.84 Å². The maximum atomic E-state index is 11.4. The molecule has 0 saturated heterocycles. The van der Waals surface area contributed by atoms with Gasteiger partial charge in [0.1, 0.15) is 11.2 Å². The Bertz CT molecular complexity index is 428. The Kier molecular flexibility index (Phi) is 3.00. The van der Waals surface area contributed by atoms with E-state index in [1.54, 1.807) is 6.08 Å². The van der Waals surface area contributed by atoms with E-state index < -0.39 is 9.84 Å². The highest BCUT2D eigenvalue weighted by molar-refractivity contribution is 8.08. The number of rotatable bonds is 3. The van der Waals surface area contributed by atoms with Gasteiger partial charge < -0.3 is 5.41 Å². The monoisotopic (exact) mass is 212 g/mol. The van der Waals surface area contributed by atoms with E-state index in [9.17, 15) is 8.42 Å². The van der Waals surface area contributed by atoms with Crippen molar-refractivity contribution in [3.63, 3.8) is 0 Å². The molecule has 0 aromatic rings. The van der Waals surface area contributed by atoms with Gasteiger partial charge in [-0.2, -0.15) is 0 Å². The average molecular weight is 212 g/mol. The Labute approximate surface area is 83.5 Å². The van der Waals surface area contributed by atoms with E-state index in [1.165, 1.54) is 6.08 Å². The molecule has 0 aromatic carbocycles. The highest BCUT2D eigenvalue weighted by Gasteiger charge is 2.22. The summed E-state index contributed by atoms with van der Waals surface area (Å²) < 4.78 is 22.8. The average Bonchev–Trinajstić information content (AvgIpc) is 2.37. The lowest BCUT2D eigenvalue weighted by Crippen LogP contribution is -1.99. The molecule has 0 bridgehead atoms. The number of hydrogen-bond donors (Lipinski definition) is 1. The first-order valence-corrected chi connectivity index (χ1v) is 5.74. The van der Waals surface area contributed by atoms with Crippen molar-refractivity contribution in [1.82, 2.24) is 0 Å². The third-order valence-corrected chi connectivity index (χ3v) is 3.00. The fraction of sp³-hybridized carbons (Fsp3) is 0.333. The molecular formula is C9H12N2O2S. The molecule has 0 atom stereocenters. The van der Waals surface area contributed by atoms with Gasteiger partial charge >= 0.3 is 0 Å². The topological polar surface area (TPSA) is 70.3 Å². The smallest absolute Gasteiger partial charge is 0.219 e. The van der Waals surface area contributed by atoms with Gasteiger partial charge in [-0.05, 0) is 12.0 Å². The second kappa shape index (κ2) is 3.88. The van der Waals surface area contributed by atoms with Crippen molar-refractivity contribution in [3.05, 3.63) is 22.8 Å². The Morgan fingerprint density at radius 2 is 2.14 bits per heavy atom. The van der Waals surface area contributed by atoms with Crippen molar-refractivity contribution >= 4 is 21.6 Å². The van der Waals surface area contributed by atoms with Gasteiger partial charge in [0.15, 0.2) is 0 Å². The minimum Gasteiger partial charge on any atom is -0.306 e. The van der Waals surface area contributed by atoms with Crippen LogP contribution in [0, 0.1) is 11.3 Å². The molecule has 1 aliphatic heterocycles. The Morgan fingerprint density at radius 1 is 1.50 bits per heavy atom. The first kappa shape index (κ1) is 10.8. The molecule has 0 aromatic heterocycles. The van der Waals surface area contributed by atoms with Crippen LogP contribution in [0.25, 0.3) is 0 Å². The lowest BCUT2D eigenvalue weighted by atomic mass is 10.2. The van der Waals surface area contributed by atoms with Crippen LogP contribution in [0.5, 0.6) is 0 Å². The molecule has 0 unspecified atom stereocenters. The first-order valence-electron chi connectivity index (χ1n) is 4.19. The van der Waals surface area contributed by atoms with Crippen LogP contribution >= 0.6 is 0 Å². The molecule has 4 nitrogen and oxygen atoms in total. The maximum Gasteiger partial charge on any atom is 0.219 e. The Hall–Kier alpha value is -1.23. The molecule has 1 heterocycles. The second-order valence-electron chi connectivity index (χ2n) is 3.28. The lowest BCUT2D eigenvalue weighted by Gasteiger charge is -1.96. The highest BCUT2D eigenvalue weighted by Crippen LogP contribution is 2.20. The van der Waals surface area contributed by atoms with E-state index in [0.717, 1.165) is 11.8 Å². The molecule has 0 amide bonds. The zero-order chi connectivity index (χ0) is 10.8. The maximum absolute atomic E-state index is 11.4. The summed E-state index contributed by atoms with van der Waals surface area (Å²) in [6.45, 7) is 3.90. The molecule has 14 heavy (non-hydrogen) atoms. The van der Waals surface area contributed by atoms with Gasteiger partial charge in [0.05, 0.1) is 4.91 Å². The predicted molar refractivity (Wildman–Crippen MR) is 57.2 cm³/mol. The van der Waals surface area contributed by atoms with Gasteiger partial charge in [0.2, 0.25) is 9.84 Å². The van der Waals surface area contributed by atoms with Crippen LogP contribution in [0.2, 0.25) is 0 Å². The molecular weight excluding hydrogens is 200 g/mol. The van der Waals surface area contributed by atoms with Crippen molar-refractivity contribution in [2.24, 2.45) is 10.9 Å². The number of nitrogens with one attached hydrogen (secondary N) is 1. The van der Waals surface area contributed by atoms with Crippen molar-refractivity contribution in [1.29, 1.82) is 5.41 Å². The third kappa shape index (κ3) is 2.17. The predicted octanol–water partition coefficient (Wildman–Crippen LogP) is 1.52. The molecule has 0 aliphatic carbocycles. The van der Waals surface area contributed by atoms with Gasteiger partial charge in [-0.25, -0.2) is 13.4 Å². The number of aliphatic imine (C=N–C) groups is 1. The molecule has 1 rings (SSSR count). The van der Waals surface area contributed by atoms with Crippen LogP contribution in [0.1, 0.15) is 13.8 Å². The quantitative estimate of drug-likeness (QED) is 0.720. The molecule has 0 fully saturated rings. The Balaban J connectivity index is 3.13. The lowest BCUT2D eigenvalue weighted by molar-refractivity contribution is 0.614. The van der Waals surface area contributed by atoms with E-state index >= 15 is 0 Å². The summed E-state index contributed by atoms with van der Waals surface area (Å²) in [6.07, 6.45) is 4.22. The molecule has 1 aliphatic rings. The van der Waals surface area contributed by atoms with Gasteiger partial charge in [-0.3, -0.25) is 0 Å². The summed E-state index contributed by atoms with van der Waals surface area (Å²) in [6, 6.07) is 0. The fourth-order valence-electron chi connectivity index (χ4n) is 0.961. The van der Waals surface area contributed by atoms with Crippen molar-refractivity contribution in [2.45, 2.75) is 13.8 Å². The molecule has 1 N–H and O–H groups in total. The first-order chi connectivity index (χ1) is 6.47. The standard InChI is InChI=1S/C9H12N2O2S/c1-7(2)3-4-9-8(5-10)11-6-14(9,12)13/h3-7,10H,1-2H3/b4-3-,10-5?. The van der Waals surface area contributed by atoms with Gasteiger partial charge in [0, 0.05) is 6.21 Å². The number of hydrogen-bond acceptors (Lipinski definition) is 4. The third-order valence-electron chi connectivity index (χ3n) is 1.66. The fourth-order valence-corrected chi connectivity index (χ4v) is 2.00. The minimum atomic E-state index is -3.39. The summed E-state index contributed by atoms with van der Waals surface area (Å²) >= 11 is 0. The summed E-state index contributed by atoms with van der Waals surface area (Å²) in [5, 5.41) is 7.00. The van der Waals surface area contributed by atoms with Gasteiger partial charge in [-0.15, -0.1) is 0 Å². The van der Waals surface area contributed by atoms with Crippen LogP contribution < -0.4 is 0 Å². The van der Waals surface area contributed by atoms with Crippen LogP contribution in [0.3, 0.4) is 0 Å². The summed E-state index contributed by atoms with van der Waals surface area (Å²) in [5.74, 6) is 0.269. The zero-order valence-corrected chi connectivity index (χ0v) is 8.88. The van der Waals surface area contributed by atoms with E-state index in [-0.39, 0.29) is 16.5 Å². The normalized spacial score (nSPS) is 19.9. The molecule has 5 heteroatoms. The number of nitrogens with zero attached hydrogens (tertiary/aromatic N) is 1. The van der Waals surface area contributed by atoms with Crippen molar-refractivity contribution < 1.29 is 8.42 Å². The molecule has 0 spiro atoms. The SMILES string of the molecule is CC(C)/C=C\C1=C(C=N)N=CS1(=O)=O. The van der Waals surface area contributed by atoms with E-state index in [0.29, 0.717) is 0 Å².